The third kappa shape index (κ3) is 5.17. The van der Waals surface area contributed by atoms with Crippen molar-refractivity contribution in [1.29, 1.82) is 0 Å². The highest BCUT2D eigenvalue weighted by Gasteiger charge is 2.23. The Morgan fingerprint density at radius 1 is 1.13 bits per heavy atom. The average molecular weight is 465 g/mol. The Labute approximate surface area is 182 Å². The summed E-state index contributed by atoms with van der Waals surface area (Å²) in [6.45, 7) is 3.67. The maximum Gasteiger partial charge on any atom is 0.234 e. The van der Waals surface area contributed by atoms with Crippen LogP contribution in [0.3, 0.4) is 0 Å². The number of sulfone groups is 1. The highest BCUT2D eigenvalue weighted by molar-refractivity contribution is 7.99. The quantitative estimate of drug-likeness (QED) is 0.424. The predicted molar refractivity (Wildman–Crippen MR) is 114 cm³/mol. The number of nitrogens with one attached hydrogen (secondary N) is 1. The van der Waals surface area contributed by atoms with E-state index in [0.717, 1.165) is 47.3 Å². The van der Waals surface area contributed by atoms with Crippen molar-refractivity contribution in [3.63, 3.8) is 0 Å². The summed E-state index contributed by atoms with van der Waals surface area (Å²) in [6.07, 6.45) is 1.08. The van der Waals surface area contributed by atoms with E-state index in [0.29, 0.717) is 0 Å². The van der Waals surface area contributed by atoms with E-state index in [-0.39, 0.29) is 32.2 Å². The second kappa shape index (κ2) is 8.98. The van der Waals surface area contributed by atoms with Crippen LogP contribution in [0.2, 0.25) is 0 Å². The number of aryl methyl sites for hydroxylation is 2. The Balaban J connectivity index is 1.72. The van der Waals surface area contributed by atoms with Gasteiger partial charge in [-0.3, -0.25) is 4.79 Å². The highest BCUT2D eigenvalue weighted by atomic mass is 32.2. The molecule has 2 aromatic carbocycles. The highest BCUT2D eigenvalue weighted by Crippen LogP contribution is 2.27. The van der Waals surface area contributed by atoms with Crippen molar-refractivity contribution in [2.24, 2.45) is 0 Å². The molecule has 3 aromatic rings. The van der Waals surface area contributed by atoms with Gasteiger partial charge in [-0.05, 0) is 49.2 Å². The zero-order valence-corrected chi connectivity index (χ0v) is 18.2. The van der Waals surface area contributed by atoms with Crippen molar-refractivity contribution in [3.8, 4) is 0 Å². The van der Waals surface area contributed by atoms with Gasteiger partial charge in [0.15, 0.2) is 5.16 Å². The molecule has 1 heterocycles. The molecule has 0 saturated carbocycles. The summed E-state index contributed by atoms with van der Waals surface area (Å²) in [5, 5.41) is 2.31. The zero-order valence-electron chi connectivity index (χ0n) is 16.5. The lowest BCUT2D eigenvalue weighted by molar-refractivity contribution is -0.113. The Morgan fingerprint density at radius 3 is 2.55 bits per heavy atom. The van der Waals surface area contributed by atoms with Crippen molar-refractivity contribution in [2.45, 2.75) is 28.8 Å². The maximum atomic E-state index is 13.6. The van der Waals surface area contributed by atoms with Crippen molar-refractivity contribution >= 4 is 39.0 Å². The van der Waals surface area contributed by atoms with E-state index in [2.05, 4.69) is 15.3 Å². The van der Waals surface area contributed by atoms with Gasteiger partial charge in [-0.1, -0.05) is 17.8 Å². The average Bonchev–Trinajstić information content (AvgIpc) is 2.71. The van der Waals surface area contributed by atoms with Crippen LogP contribution in [-0.4, -0.2) is 30.0 Å². The molecular formula is C20H18F2N4O3S2. The Bertz CT molecular complexity index is 1270. The summed E-state index contributed by atoms with van der Waals surface area (Å²) in [5.41, 5.74) is 7.32. The number of carbonyl (C=O) groups excluding carboxylic acids is 1. The first-order valence-electron chi connectivity index (χ1n) is 8.90. The van der Waals surface area contributed by atoms with E-state index in [9.17, 15) is 22.0 Å². The fourth-order valence-electron chi connectivity index (χ4n) is 2.56. The van der Waals surface area contributed by atoms with Crippen LogP contribution in [0.4, 0.5) is 20.3 Å². The van der Waals surface area contributed by atoms with Crippen LogP contribution in [-0.2, 0) is 14.6 Å². The minimum Gasteiger partial charge on any atom is -0.382 e. The van der Waals surface area contributed by atoms with Gasteiger partial charge in [0.1, 0.15) is 22.3 Å². The number of nitrogens with zero attached hydrogens (tertiary/aromatic N) is 2. The molecule has 0 bridgehead atoms. The second-order valence-corrected chi connectivity index (χ2v) is 9.47. The smallest absolute Gasteiger partial charge is 0.234 e. The molecule has 0 aliphatic heterocycles. The first-order valence-corrected chi connectivity index (χ1v) is 11.4. The number of hydrogen-bond donors (Lipinski definition) is 2. The van der Waals surface area contributed by atoms with Gasteiger partial charge in [0.2, 0.25) is 15.7 Å². The van der Waals surface area contributed by atoms with Gasteiger partial charge in [0.25, 0.3) is 0 Å². The van der Waals surface area contributed by atoms with Crippen LogP contribution in [0.25, 0.3) is 0 Å². The lowest BCUT2D eigenvalue weighted by atomic mass is 10.1. The van der Waals surface area contributed by atoms with Crippen LogP contribution in [0.5, 0.6) is 0 Å². The molecule has 0 aliphatic carbocycles. The number of nitrogens with two attached hydrogens (primary N) is 1. The molecule has 0 spiro atoms. The third-order valence-electron chi connectivity index (χ3n) is 4.37. The number of carbonyl (C=O) groups is 1. The number of halogens is 2. The fourth-order valence-corrected chi connectivity index (χ4v) is 4.53. The largest absolute Gasteiger partial charge is 0.382 e. The molecule has 0 aliphatic rings. The van der Waals surface area contributed by atoms with Crippen molar-refractivity contribution in [1.82, 2.24) is 9.97 Å². The minimum atomic E-state index is -3.92. The standard InChI is InChI=1S/C20H18F2N4O3S2/c1-11-3-5-14(7-12(11)2)31(28,29)17-9-24-20(26-19(17)23)30-10-18(27)25-16-8-13(21)4-6-15(16)22/h3-9H,10H2,1-2H3,(H,25,27)(H2,23,24,26). The monoisotopic (exact) mass is 464 g/mol. The predicted octanol–water partition coefficient (Wildman–Crippen LogP) is 3.52. The van der Waals surface area contributed by atoms with Gasteiger partial charge < -0.3 is 11.1 Å². The van der Waals surface area contributed by atoms with Crippen molar-refractivity contribution < 1.29 is 22.0 Å². The topological polar surface area (TPSA) is 115 Å². The lowest BCUT2D eigenvalue weighted by Crippen LogP contribution is -2.16. The number of benzene rings is 2. The molecule has 0 atom stereocenters. The summed E-state index contributed by atoms with van der Waals surface area (Å²) < 4.78 is 52.5. The third-order valence-corrected chi connectivity index (χ3v) is 7.00. The van der Waals surface area contributed by atoms with Crippen LogP contribution < -0.4 is 11.1 Å². The molecule has 162 valence electrons. The van der Waals surface area contributed by atoms with Crippen molar-refractivity contribution in [3.05, 3.63) is 65.4 Å². The molecule has 3 rings (SSSR count). The molecule has 0 unspecified atom stereocenters. The van der Waals surface area contributed by atoms with Crippen LogP contribution in [0.1, 0.15) is 11.1 Å². The molecule has 0 radical (unpaired) electrons. The first-order chi connectivity index (χ1) is 14.6. The van der Waals surface area contributed by atoms with Gasteiger partial charge in [-0.25, -0.2) is 27.2 Å². The van der Waals surface area contributed by atoms with Crippen molar-refractivity contribution in [2.75, 3.05) is 16.8 Å². The lowest BCUT2D eigenvalue weighted by Gasteiger charge is -2.10. The first kappa shape index (κ1) is 22.6. The Kier molecular flexibility index (Phi) is 6.56. The van der Waals surface area contributed by atoms with Gasteiger partial charge in [0.05, 0.1) is 22.5 Å². The SMILES string of the molecule is Cc1ccc(S(=O)(=O)c2cnc(SCC(=O)Nc3cc(F)ccc3F)nc2N)cc1C. The summed E-state index contributed by atoms with van der Waals surface area (Å²) >= 11 is 0.866. The Morgan fingerprint density at radius 2 is 1.87 bits per heavy atom. The van der Waals surface area contributed by atoms with E-state index in [4.69, 9.17) is 5.73 Å². The molecule has 7 nitrogen and oxygen atoms in total. The van der Waals surface area contributed by atoms with Gasteiger partial charge in [-0.2, -0.15) is 0 Å². The van der Waals surface area contributed by atoms with Gasteiger partial charge >= 0.3 is 0 Å². The minimum absolute atomic E-state index is 0.0615. The maximum absolute atomic E-state index is 13.6. The van der Waals surface area contributed by atoms with E-state index < -0.39 is 27.4 Å². The van der Waals surface area contributed by atoms with E-state index >= 15 is 0 Å². The molecule has 1 aromatic heterocycles. The van der Waals surface area contributed by atoms with Gasteiger partial charge in [0, 0.05) is 6.07 Å². The molecule has 0 fully saturated rings. The number of aromatic nitrogens is 2. The van der Waals surface area contributed by atoms with E-state index in [1.807, 2.05) is 6.92 Å². The van der Waals surface area contributed by atoms with E-state index in [1.165, 1.54) is 6.07 Å². The molecule has 3 N–H and O–H groups in total. The second-order valence-electron chi connectivity index (χ2n) is 6.61. The number of rotatable bonds is 6. The van der Waals surface area contributed by atoms with Crippen LogP contribution in [0, 0.1) is 25.5 Å². The molecule has 1 amide bonds. The summed E-state index contributed by atoms with van der Waals surface area (Å²) in [5.74, 6) is -2.57. The number of nitrogen functional groups attached to an aromatic ring is 1. The van der Waals surface area contributed by atoms with Gasteiger partial charge in [-0.15, -0.1) is 0 Å². The molecule has 11 heteroatoms. The number of amides is 1. The van der Waals surface area contributed by atoms with Crippen LogP contribution in [0.15, 0.2) is 57.5 Å². The molecular weight excluding hydrogens is 446 g/mol. The number of anilines is 2. The molecule has 31 heavy (non-hydrogen) atoms. The van der Waals surface area contributed by atoms with Crippen LogP contribution >= 0.6 is 11.8 Å². The normalized spacial score (nSPS) is 11.4. The van der Waals surface area contributed by atoms with E-state index in [1.54, 1.807) is 19.1 Å². The fraction of sp³-hybridized carbons (Fsp3) is 0.150. The molecule has 0 saturated heterocycles. The Hall–Kier alpha value is -3.05. The summed E-state index contributed by atoms with van der Waals surface area (Å²) in [7, 11) is -3.92. The summed E-state index contributed by atoms with van der Waals surface area (Å²) in [6, 6.07) is 7.42. The number of thioether (sulfide) groups is 1. The summed E-state index contributed by atoms with van der Waals surface area (Å²) in [4.78, 5) is 19.7. The number of hydrogen-bond acceptors (Lipinski definition) is 7. The zero-order chi connectivity index (χ0) is 22.8.